The van der Waals surface area contributed by atoms with Gasteiger partial charge in [0.15, 0.2) is 27.8 Å². The first-order chi connectivity index (χ1) is 20.7. The van der Waals surface area contributed by atoms with Crippen molar-refractivity contribution in [3.05, 3.63) is 78.5 Å². The number of aromatic nitrogens is 1. The Balaban J connectivity index is 1.83. The van der Waals surface area contributed by atoms with E-state index in [9.17, 15) is 14.4 Å². The van der Waals surface area contributed by atoms with E-state index >= 15 is 0 Å². The van der Waals surface area contributed by atoms with Gasteiger partial charge in [-0.2, -0.15) is 0 Å². The summed E-state index contributed by atoms with van der Waals surface area (Å²) < 4.78 is 29.5. The largest absolute Gasteiger partial charge is 0.493 e. The molecule has 1 aromatic heterocycles. The Morgan fingerprint density at radius 1 is 1.00 bits per heavy atom. The van der Waals surface area contributed by atoms with Crippen molar-refractivity contribution in [1.29, 1.82) is 0 Å². The number of carbonyl (C=O) groups is 2. The molecule has 0 saturated heterocycles. The fourth-order valence-electron chi connectivity index (χ4n) is 4.78. The molecule has 0 spiro atoms. The number of nitrogens with zero attached hydrogens (tertiary/aromatic N) is 2. The van der Waals surface area contributed by atoms with Gasteiger partial charge in [-0.1, -0.05) is 43.2 Å². The maximum atomic E-state index is 14.0. The number of thiazole rings is 1. The van der Waals surface area contributed by atoms with Gasteiger partial charge in [-0.15, -0.1) is 0 Å². The van der Waals surface area contributed by atoms with Gasteiger partial charge in [0.2, 0.25) is 0 Å². The molecule has 1 atom stereocenters. The lowest BCUT2D eigenvalue weighted by Gasteiger charge is -2.25. The summed E-state index contributed by atoms with van der Waals surface area (Å²) in [6, 6.07) is 9.55. The highest BCUT2D eigenvalue weighted by Crippen LogP contribution is 2.36. The lowest BCUT2D eigenvalue weighted by molar-refractivity contribution is -0.139. The lowest BCUT2D eigenvalue weighted by Crippen LogP contribution is -2.40. The van der Waals surface area contributed by atoms with Crippen LogP contribution in [0.5, 0.6) is 23.0 Å². The first kappa shape index (κ1) is 31.6. The Kier molecular flexibility index (Phi) is 10.4. The Bertz CT molecular complexity index is 1720. The van der Waals surface area contributed by atoms with Crippen LogP contribution < -0.4 is 33.8 Å². The second-order valence-electron chi connectivity index (χ2n) is 9.77. The maximum absolute atomic E-state index is 14.0. The number of benzene rings is 2. The molecular weight excluding hydrogens is 572 g/mol. The van der Waals surface area contributed by atoms with Gasteiger partial charge in [-0.3, -0.25) is 14.2 Å². The van der Waals surface area contributed by atoms with Gasteiger partial charge in [0.25, 0.3) is 5.56 Å². The van der Waals surface area contributed by atoms with Gasteiger partial charge < -0.3 is 23.7 Å². The SMILES string of the molecule is CCCCCOc1ccc(/C=c2\sc3n(c2=O)[C@H](c2ccc(OC(C)=O)c(OC)c2)C(C(=O)OCC)=C(C)N=3)cc1OC. The van der Waals surface area contributed by atoms with Gasteiger partial charge in [0, 0.05) is 6.92 Å². The van der Waals surface area contributed by atoms with Crippen LogP contribution in [0.4, 0.5) is 0 Å². The van der Waals surface area contributed by atoms with Crippen LogP contribution in [0, 0.1) is 0 Å². The number of rotatable bonds is 12. The third-order valence-corrected chi connectivity index (χ3v) is 7.75. The number of ether oxygens (including phenoxy) is 5. The summed E-state index contributed by atoms with van der Waals surface area (Å²) in [5.41, 5.74) is 1.64. The molecule has 0 fully saturated rings. The van der Waals surface area contributed by atoms with E-state index in [0.29, 0.717) is 38.7 Å². The van der Waals surface area contributed by atoms with Crippen molar-refractivity contribution in [2.75, 3.05) is 27.4 Å². The molecule has 2 aromatic carbocycles. The number of hydrogen-bond acceptors (Lipinski definition) is 10. The van der Waals surface area contributed by atoms with Gasteiger partial charge in [0.05, 0.1) is 49.3 Å². The van der Waals surface area contributed by atoms with Crippen molar-refractivity contribution in [2.45, 2.75) is 53.0 Å². The summed E-state index contributed by atoms with van der Waals surface area (Å²) in [5, 5.41) is 0. The molecule has 3 aromatic rings. The van der Waals surface area contributed by atoms with Crippen LogP contribution in [0.15, 0.2) is 57.5 Å². The third-order valence-electron chi connectivity index (χ3n) is 6.77. The van der Waals surface area contributed by atoms with Crippen LogP contribution >= 0.6 is 11.3 Å². The molecule has 228 valence electrons. The van der Waals surface area contributed by atoms with Gasteiger partial charge in [-0.25, -0.2) is 9.79 Å². The molecule has 10 nitrogen and oxygen atoms in total. The molecule has 0 aliphatic carbocycles. The van der Waals surface area contributed by atoms with Crippen LogP contribution in [0.1, 0.15) is 64.1 Å². The van der Waals surface area contributed by atoms with E-state index in [1.54, 1.807) is 45.2 Å². The number of hydrogen-bond donors (Lipinski definition) is 0. The molecule has 1 aliphatic heterocycles. The predicted molar refractivity (Wildman–Crippen MR) is 163 cm³/mol. The quantitative estimate of drug-likeness (QED) is 0.170. The number of allylic oxidation sites excluding steroid dienone is 1. The Morgan fingerprint density at radius 3 is 2.40 bits per heavy atom. The number of carbonyl (C=O) groups excluding carboxylic acids is 2. The minimum Gasteiger partial charge on any atom is -0.493 e. The zero-order chi connectivity index (χ0) is 31.1. The summed E-state index contributed by atoms with van der Waals surface area (Å²) in [7, 11) is 3.02. The lowest BCUT2D eigenvalue weighted by atomic mass is 9.95. The Hall–Kier alpha value is -4.38. The van der Waals surface area contributed by atoms with Gasteiger partial charge in [-0.05, 0) is 61.7 Å². The number of esters is 2. The molecule has 43 heavy (non-hydrogen) atoms. The summed E-state index contributed by atoms with van der Waals surface area (Å²) in [5.74, 6) is 0.613. The first-order valence-electron chi connectivity index (χ1n) is 14.1. The second kappa shape index (κ2) is 14.2. The smallest absolute Gasteiger partial charge is 0.338 e. The van der Waals surface area contributed by atoms with Crippen molar-refractivity contribution < 1.29 is 33.3 Å². The van der Waals surface area contributed by atoms with Crippen LogP contribution in [-0.2, 0) is 14.3 Å². The minimum atomic E-state index is -0.855. The molecule has 0 N–H and O–H groups in total. The predicted octanol–water partition coefficient (Wildman–Crippen LogP) is 4.31. The highest BCUT2D eigenvalue weighted by atomic mass is 32.1. The monoisotopic (exact) mass is 608 g/mol. The van der Waals surface area contributed by atoms with E-state index in [0.717, 1.165) is 24.8 Å². The van der Waals surface area contributed by atoms with E-state index in [1.165, 1.54) is 29.9 Å². The fourth-order valence-corrected chi connectivity index (χ4v) is 5.83. The zero-order valence-corrected chi connectivity index (χ0v) is 26.0. The second-order valence-corrected chi connectivity index (χ2v) is 10.8. The summed E-state index contributed by atoms with van der Waals surface area (Å²) in [6.07, 6.45) is 4.90. The molecule has 4 rings (SSSR count). The van der Waals surface area contributed by atoms with E-state index in [1.807, 2.05) is 18.2 Å². The Labute approximate surface area is 253 Å². The highest BCUT2D eigenvalue weighted by Gasteiger charge is 2.34. The topological polar surface area (TPSA) is 115 Å². The van der Waals surface area contributed by atoms with Gasteiger partial charge >= 0.3 is 11.9 Å². The van der Waals surface area contributed by atoms with Crippen molar-refractivity contribution in [3.63, 3.8) is 0 Å². The van der Waals surface area contributed by atoms with Crippen molar-refractivity contribution in [3.8, 4) is 23.0 Å². The van der Waals surface area contributed by atoms with Crippen LogP contribution in [-0.4, -0.2) is 43.9 Å². The molecular formula is C32H36N2O8S. The number of fused-ring (bicyclic) bond motifs is 1. The highest BCUT2D eigenvalue weighted by molar-refractivity contribution is 7.07. The molecule has 2 heterocycles. The van der Waals surface area contributed by atoms with E-state index in [-0.39, 0.29) is 29.2 Å². The molecule has 1 aliphatic rings. The molecule has 0 radical (unpaired) electrons. The molecule has 0 bridgehead atoms. The third kappa shape index (κ3) is 6.99. The molecule has 0 amide bonds. The molecule has 0 unspecified atom stereocenters. The van der Waals surface area contributed by atoms with Crippen molar-refractivity contribution in [1.82, 2.24) is 4.57 Å². The zero-order valence-electron chi connectivity index (χ0n) is 25.2. The standard InChI is InChI=1S/C32H36N2O8S/c1-7-9-10-15-41-23-13-11-21(16-25(23)38-5)17-27-30(36)34-29(22-12-14-24(42-20(4)35)26(18-22)39-6)28(31(37)40-8-2)19(3)33-32(34)43-27/h11-14,16-18,29H,7-10,15H2,1-6H3/b27-17-/t29-/m1/s1. The first-order valence-corrected chi connectivity index (χ1v) is 14.9. The minimum absolute atomic E-state index is 0.154. The van der Waals surface area contributed by atoms with Crippen LogP contribution in [0.25, 0.3) is 6.08 Å². The van der Waals surface area contributed by atoms with Crippen molar-refractivity contribution >= 4 is 29.4 Å². The summed E-state index contributed by atoms with van der Waals surface area (Å²) in [6.45, 7) is 7.60. The fraction of sp³-hybridized carbons (Fsp3) is 0.375. The van der Waals surface area contributed by atoms with E-state index < -0.39 is 18.0 Å². The van der Waals surface area contributed by atoms with Crippen LogP contribution in [0.2, 0.25) is 0 Å². The number of methoxy groups -OCH3 is 2. The Morgan fingerprint density at radius 2 is 1.72 bits per heavy atom. The summed E-state index contributed by atoms with van der Waals surface area (Å²) in [4.78, 5) is 43.8. The summed E-state index contributed by atoms with van der Waals surface area (Å²) >= 11 is 1.21. The van der Waals surface area contributed by atoms with Crippen LogP contribution in [0.3, 0.4) is 0 Å². The average Bonchev–Trinajstić information content (AvgIpc) is 3.28. The van der Waals surface area contributed by atoms with E-state index in [4.69, 9.17) is 23.7 Å². The van der Waals surface area contributed by atoms with E-state index in [2.05, 4.69) is 11.9 Å². The average molecular weight is 609 g/mol. The normalized spacial score (nSPS) is 14.6. The maximum Gasteiger partial charge on any atom is 0.338 e. The molecule has 0 saturated carbocycles. The molecule has 11 heteroatoms. The number of unbranched alkanes of at least 4 members (excludes halogenated alkanes) is 2. The van der Waals surface area contributed by atoms with Gasteiger partial charge in [0.1, 0.15) is 0 Å². The van der Waals surface area contributed by atoms with Crippen molar-refractivity contribution in [2.24, 2.45) is 4.99 Å².